The Morgan fingerprint density at radius 1 is 1.33 bits per heavy atom. The van der Waals surface area contributed by atoms with Gasteiger partial charge in [0.15, 0.2) is 8.83 Å². The molecule has 100 valence electrons. The number of esters is 2. The van der Waals surface area contributed by atoms with E-state index in [1.165, 1.54) is 4.57 Å². The molecule has 6 nitrogen and oxygen atoms in total. The van der Waals surface area contributed by atoms with Crippen molar-refractivity contribution in [1.82, 2.24) is 4.57 Å². The number of hydrogen-bond acceptors (Lipinski definition) is 7. The molecule has 0 spiro atoms. The predicted octanol–water partition coefficient (Wildman–Crippen LogP) is 1.60. The monoisotopic (exact) mass is 290 g/mol. The topological polar surface area (TPSA) is 83.5 Å². The Labute approximate surface area is 113 Å². The lowest BCUT2D eigenvalue weighted by atomic mass is 10.5. The number of aromatic nitrogens is 1. The molecule has 0 amide bonds. The second-order valence-electron chi connectivity index (χ2n) is 3.19. The van der Waals surface area contributed by atoms with Crippen molar-refractivity contribution in [2.24, 2.45) is 0 Å². The molecule has 0 atom stereocenters. The number of rotatable bonds is 5. The normalized spacial score (nSPS) is 10.1. The average Bonchev–Trinajstić information content (AvgIpc) is 2.58. The van der Waals surface area contributed by atoms with Gasteiger partial charge in [-0.3, -0.25) is 9.36 Å². The van der Waals surface area contributed by atoms with E-state index >= 15 is 0 Å². The van der Waals surface area contributed by atoms with Crippen LogP contribution in [0.25, 0.3) is 0 Å². The number of nitrogens with zero attached hydrogens (tertiary/aromatic N) is 1. The first-order chi connectivity index (χ1) is 8.51. The standard InChI is InChI=1S/C10H14N2O4S2/c1-3-15-6(13)5-12-8(11)7(18-10(12)17)9(14)16-4-2/h3-5,11H2,1-2H3. The summed E-state index contributed by atoms with van der Waals surface area (Å²) in [4.78, 5) is 23.2. The lowest BCUT2D eigenvalue weighted by Crippen LogP contribution is -2.16. The number of carbonyl (C=O) groups is 2. The Morgan fingerprint density at radius 2 is 1.94 bits per heavy atom. The lowest BCUT2D eigenvalue weighted by Gasteiger charge is -2.05. The highest BCUT2D eigenvalue weighted by atomic mass is 32.1. The van der Waals surface area contributed by atoms with Crippen LogP contribution < -0.4 is 5.73 Å². The number of nitrogens with two attached hydrogens (primary N) is 1. The largest absolute Gasteiger partial charge is 0.465 e. The average molecular weight is 290 g/mol. The molecule has 1 aromatic rings. The molecule has 0 aliphatic heterocycles. The first-order valence-corrected chi connectivity index (χ1v) is 6.55. The minimum absolute atomic E-state index is 0.103. The van der Waals surface area contributed by atoms with E-state index in [0.29, 0.717) is 3.95 Å². The van der Waals surface area contributed by atoms with Gasteiger partial charge in [0.25, 0.3) is 0 Å². The van der Waals surface area contributed by atoms with Crippen molar-refractivity contribution in [2.45, 2.75) is 20.4 Å². The van der Waals surface area contributed by atoms with Crippen LogP contribution in [0.5, 0.6) is 0 Å². The highest BCUT2D eigenvalue weighted by molar-refractivity contribution is 7.73. The van der Waals surface area contributed by atoms with Crippen LogP contribution in [-0.4, -0.2) is 29.7 Å². The molecule has 0 aromatic carbocycles. The van der Waals surface area contributed by atoms with Crippen molar-refractivity contribution in [3.63, 3.8) is 0 Å². The third-order valence-electron chi connectivity index (χ3n) is 1.99. The molecule has 0 fully saturated rings. The third-order valence-corrected chi connectivity index (χ3v) is 3.43. The molecular weight excluding hydrogens is 276 g/mol. The fraction of sp³-hybridized carbons (Fsp3) is 0.500. The predicted molar refractivity (Wildman–Crippen MR) is 70.1 cm³/mol. The zero-order valence-corrected chi connectivity index (χ0v) is 11.7. The zero-order chi connectivity index (χ0) is 13.7. The van der Waals surface area contributed by atoms with Crippen LogP contribution in [0.2, 0.25) is 0 Å². The molecule has 0 saturated carbocycles. The molecule has 8 heteroatoms. The summed E-state index contributed by atoms with van der Waals surface area (Å²) < 4.78 is 11.3. The summed E-state index contributed by atoms with van der Waals surface area (Å²) in [6.07, 6.45) is 0. The third kappa shape index (κ3) is 3.30. The van der Waals surface area contributed by atoms with Gasteiger partial charge in [0.1, 0.15) is 12.4 Å². The van der Waals surface area contributed by atoms with Crippen molar-refractivity contribution < 1.29 is 19.1 Å². The van der Waals surface area contributed by atoms with Crippen LogP contribution >= 0.6 is 23.6 Å². The van der Waals surface area contributed by atoms with E-state index in [9.17, 15) is 9.59 Å². The number of anilines is 1. The first kappa shape index (κ1) is 14.7. The second kappa shape index (κ2) is 6.50. The molecule has 0 bridgehead atoms. The fourth-order valence-electron chi connectivity index (χ4n) is 1.24. The minimum atomic E-state index is -0.534. The van der Waals surface area contributed by atoms with Crippen LogP contribution in [0.3, 0.4) is 0 Å². The first-order valence-electron chi connectivity index (χ1n) is 5.33. The van der Waals surface area contributed by atoms with Crippen LogP contribution in [0.15, 0.2) is 0 Å². The highest BCUT2D eigenvalue weighted by Gasteiger charge is 2.19. The summed E-state index contributed by atoms with van der Waals surface area (Å²) >= 11 is 6.07. The number of carbonyl (C=O) groups excluding carboxylic acids is 2. The summed E-state index contributed by atoms with van der Waals surface area (Å²) in [6.45, 7) is 3.83. The molecule has 0 saturated heterocycles. The summed E-state index contributed by atoms with van der Waals surface area (Å²) in [7, 11) is 0. The van der Waals surface area contributed by atoms with Crippen molar-refractivity contribution in [2.75, 3.05) is 18.9 Å². The van der Waals surface area contributed by atoms with E-state index in [0.717, 1.165) is 11.3 Å². The van der Waals surface area contributed by atoms with Gasteiger partial charge >= 0.3 is 11.9 Å². The Morgan fingerprint density at radius 3 is 2.50 bits per heavy atom. The van der Waals surface area contributed by atoms with Crippen molar-refractivity contribution in [3.8, 4) is 0 Å². The maximum absolute atomic E-state index is 11.6. The van der Waals surface area contributed by atoms with Gasteiger partial charge < -0.3 is 15.2 Å². The van der Waals surface area contributed by atoms with Crippen LogP contribution in [0.4, 0.5) is 5.82 Å². The van der Waals surface area contributed by atoms with Crippen molar-refractivity contribution >= 4 is 41.3 Å². The van der Waals surface area contributed by atoms with Gasteiger partial charge in [-0.2, -0.15) is 0 Å². The SMILES string of the molecule is CCOC(=O)Cn1c(N)c(C(=O)OCC)sc1=S. The fourth-order valence-corrected chi connectivity index (χ4v) is 2.46. The minimum Gasteiger partial charge on any atom is -0.465 e. The van der Waals surface area contributed by atoms with Crippen LogP contribution in [0, 0.1) is 3.95 Å². The molecule has 0 unspecified atom stereocenters. The smallest absolute Gasteiger partial charge is 0.352 e. The maximum Gasteiger partial charge on any atom is 0.352 e. The molecular formula is C10H14N2O4S2. The molecule has 0 aliphatic carbocycles. The molecule has 2 N–H and O–H groups in total. The van der Waals surface area contributed by atoms with E-state index in [-0.39, 0.29) is 30.5 Å². The quantitative estimate of drug-likeness (QED) is 0.655. The lowest BCUT2D eigenvalue weighted by molar-refractivity contribution is -0.143. The number of hydrogen-bond donors (Lipinski definition) is 1. The van der Waals surface area contributed by atoms with Gasteiger partial charge in [-0.25, -0.2) is 4.79 Å². The Kier molecular flexibility index (Phi) is 5.29. The van der Waals surface area contributed by atoms with E-state index in [1.807, 2.05) is 0 Å². The summed E-state index contributed by atoms with van der Waals surface area (Å²) in [6, 6.07) is 0. The van der Waals surface area contributed by atoms with E-state index in [1.54, 1.807) is 13.8 Å². The summed E-state index contributed by atoms with van der Waals surface area (Å²) in [5, 5.41) is 0. The zero-order valence-electron chi connectivity index (χ0n) is 10.1. The van der Waals surface area contributed by atoms with Gasteiger partial charge in [0.05, 0.1) is 13.2 Å². The Hall–Kier alpha value is -1.41. The highest BCUT2D eigenvalue weighted by Crippen LogP contribution is 2.23. The molecule has 0 aliphatic rings. The van der Waals surface area contributed by atoms with Gasteiger partial charge in [-0.05, 0) is 26.1 Å². The molecule has 1 heterocycles. The van der Waals surface area contributed by atoms with Crippen molar-refractivity contribution in [1.29, 1.82) is 0 Å². The van der Waals surface area contributed by atoms with E-state index in [2.05, 4.69) is 0 Å². The van der Waals surface area contributed by atoms with Crippen LogP contribution in [-0.2, 0) is 20.8 Å². The van der Waals surface area contributed by atoms with Gasteiger partial charge in [0, 0.05) is 0 Å². The Balaban J connectivity index is 2.98. The second-order valence-corrected chi connectivity index (χ2v) is 4.84. The van der Waals surface area contributed by atoms with E-state index < -0.39 is 11.9 Å². The number of thiazole rings is 1. The molecule has 18 heavy (non-hydrogen) atoms. The Bertz CT molecular complexity index is 506. The summed E-state index contributed by atoms with van der Waals surface area (Å²) in [5.74, 6) is -0.848. The van der Waals surface area contributed by atoms with E-state index in [4.69, 9.17) is 27.4 Å². The number of ether oxygens (including phenoxy) is 2. The van der Waals surface area contributed by atoms with Gasteiger partial charge in [0.2, 0.25) is 0 Å². The van der Waals surface area contributed by atoms with Gasteiger partial charge in [-0.15, -0.1) is 0 Å². The van der Waals surface area contributed by atoms with Crippen LogP contribution in [0.1, 0.15) is 23.5 Å². The van der Waals surface area contributed by atoms with Gasteiger partial charge in [-0.1, -0.05) is 11.3 Å². The molecule has 0 radical (unpaired) electrons. The molecule has 1 rings (SSSR count). The number of nitrogen functional groups attached to an aromatic ring is 1. The molecule has 1 aromatic heterocycles. The van der Waals surface area contributed by atoms with Crippen molar-refractivity contribution in [3.05, 3.63) is 8.83 Å². The maximum atomic E-state index is 11.6. The summed E-state index contributed by atoms with van der Waals surface area (Å²) in [5.41, 5.74) is 5.78.